The number of imidazole rings is 1. The van der Waals surface area contributed by atoms with Crippen LogP contribution < -0.4 is 21.5 Å². The molecule has 2 rings (SSSR count). The van der Waals surface area contributed by atoms with Gasteiger partial charge in [-0.1, -0.05) is 23.2 Å². The fourth-order valence-electron chi connectivity index (χ4n) is 2.55. The number of carboxylic acids is 1. The van der Waals surface area contributed by atoms with Crippen LogP contribution in [-0.2, 0) is 18.4 Å². The molecule has 0 amide bonds. The van der Waals surface area contributed by atoms with Crippen LogP contribution in [0, 0.1) is 6.92 Å². The summed E-state index contributed by atoms with van der Waals surface area (Å²) in [5.41, 5.74) is 2.11. The third-order valence-corrected chi connectivity index (χ3v) is 4.54. The predicted molar refractivity (Wildman–Crippen MR) is 84.0 cm³/mol. The molecule has 1 aromatic carbocycles. The second kappa shape index (κ2) is 8.18. The highest BCUT2D eigenvalue weighted by molar-refractivity contribution is 6.42. The van der Waals surface area contributed by atoms with Gasteiger partial charge in [-0.2, -0.15) is 0 Å². The third kappa shape index (κ3) is 4.15. The zero-order chi connectivity index (χ0) is 15.6. The molecule has 22 heavy (non-hydrogen) atoms. The minimum Gasteiger partial charge on any atom is -1.00 e. The molecule has 1 aromatic heterocycles. The summed E-state index contributed by atoms with van der Waals surface area (Å²) in [6.07, 6.45) is 2.79. The predicted octanol–water partition coefficient (Wildman–Crippen LogP) is 0.730. The van der Waals surface area contributed by atoms with Crippen molar-refractivity contribution in [2.75, 3.05) is 0 Å². The minimum atomic E-state index is -0.731. The lowest BCUT2D eigenvalue weighted by atomic mass is 10.2. The molecule has 7 heteroatoms. The standard InChI is InChI=1S/C15H18Cl2N2O2.BrH/c1-10-18(2)13-8-11(16)12(17)9-14(13)19(10)7-5-3-4-6-15(20)21;/h8-9H,3-7H2,1-2H3;1H. The van der Waals surface area contributed by atoms with Gasteiger partial charge in [0.15, 0.2) is 11.0 Å². The number of nitrogens with zero attached hydrogens (tertiary/aromatic N) is 2. The fraction of sp³-hybridized carbons (Fsp3) is 0.467. The quantitative estimate of drug-likeness (QED) is 0.564. The van der Waals surface area contributed by atoms with E-state index in [-0.39, 0.29) is 23.4 Å². The minimum absolute atomic E-state index is 0. The summed E-state index contributed by atoms with van der Waals surface area (Å²) in [5.74, 6) is 0.395. The van der Waals surface area contributed by atoms with Gasteiger partial charge in [0.25, 0.3) is 5.82 Å². The second-order valence-corrected chi connectivity index (χ2v) is 6.03. The van der Waals surface area contributed by atoms with Crippen LogP contribution in [0.2, 0.25) is 10.0 Å². The second-order valence-electron chi connectivity index (χ2n) is 5.22. The summed E-state index contributed by atoms with van der Waals surface area (Å²) in [5, 5.41) is 9.74. The summed E-state index contributed by atoms with van der Waals surface area (Å²) >= 11 is 12.2. The number of unbranched alkanes of at least 4 members (excludes halogenated alkanes) is 2. The molecule has 1 N–H and O–H groups in total. The van der Waals surface area contributed by atoms with Crippen LogP contribution in [0.25, 0.3) is 11.0 Å². The van der Waals surface area contributed by atoms with E-state index in [2.05, 4.69) is 16.1 Å². The summed E-state index contributed by atoms with van der Waals surface area (Å²) in [4.78, 5) is 10.5. The van der Waals surface area contributed by atoms with E-state index < -0.39 is 5.97 Å². The Morgan fingerprint density at radius 1 is 1.23 bits per heavy atom. The molecule has 0 aliphatic heterocycles. The Balaban J connectivity index is 0.00000242. The summed E-state index contributed by atoms with van der Waals surface area (Å²) in [6, 6.07) is 3.77. The molecule has 4 nitrogen and oxygen atoms in total. The maximum absolute atomic E-state index is 10.5. The molecule has 1 heterocycles. The summed E-state index contributed by atoms with van der Waals surface area (Å²) in [7, 11) is 2.00. The Kier molecular flexibility index (Phi) is 7.16. The van der Waals surface area contributed by atoms with Crippen molar-refractivity contribution in [2.24, 2.45) is 7.05 Å². The van der Waals surface area contributed by atoms with Crippen molar-refractivity contribution in [1.82, 2.24) is 4.57 Å². The zero-order valence-corrected chi connectivity index (χ0v) is 15.7. The van der Waals surface area contributed by atoms with Gasteiger partial charge in [-0.05, 0) is 19.3 Å². The highest BCUT2D eigenvalue weighted by Gasteiger charge is 2.20. The van der Waals surface area contributed by atoms with Crippen LogP contribution in [-0.4, -0.2) is 15.6 Å². The normalized spacial score (nSPS) is 10.7. The molecule has 0 saturated heterocycles. The Morgan fingerprint density at radius 3 is 2.50 bits per heavy atom. The number of hydrogen-bond donors (Lipinski definition) is 1. The molecule has 0 atom stereocenters. The average molecular weight is 410 g/mol. The molecule has 0 fully saturated rings. The number of rotatable bonds is 6. The van der Waals surface area contributed by atoms with Crippen LogP contribution in [0.1, 0.15) is 31.5 Å². The van der Waals surface area contributed by atoms with Crippen molar-refractivity contribution in [3.8, 4) is 0 Å². The largest absolute Gasteiger partial charge is 1.00 e. The average Bonchev–Trinajstić information content (AvgIpc) is 2.64. The third-order valence-electron chi connectivity index (χ3n) is 3.82. The van der Waals surface area contributed by atoms with Crippen molar-refractivity contribution in [2.45, 2.75) is 39.2 Å². The Morgan fingerprint density at radius 2 is 1.86 bits per heavy atom. The van der Waals surface area contributed by atoms with Crippen LogP contribution in [0.15, 0.2) is 12.1 Å². The van der Waals surface area contributed by atoms with Gasteiger partial charge in [-0.25, -0.2) is 9.13 Å². The number of carbonyl (C=O) groups is 1. The molecule has 0 saturated carbocycles. The van der Waals surface area contributed by atoms with E-state index in [0.29, 0.717) is 16.5 Å². The number of aliphatic carboxylic acids is 1. The summed E-state index contributed by atoms with van der Waals surface area (Å²) < 4.78 is 4.30. The van der Waals surface area contributed by atoms with Crippen molar-refractivity contribution in [1.29, 1.82) is 0 Å². The lowest BCUT2D eigenvalue weighted by molar-refractivity contribution is -0.678. The molecule has 0 aliphatic rings. The lowest BCUT2D eigenvalue weighted by Gasteiger charge is -2.01. The van der Waals surface area contributed by atoms with Crippen molar-refractivity contribution in [3.63, 3.8) is 0 Å². The molecule has 0 unspecified atom stereocenters. The smallest absolute Gasteiger partial charge is 0.303 e. The van der Waals surface area contributed by atoms with E-state index in [9.17, 15) is 4.79 Å². The van der Waals surface area contributed by atoms with E-state index in [1.54, 1.807) is 0 Å². The van der Waals surface area contributed by atoms with E-state index >= 15 is 0 Å². The number of aryl methyl sites for hydroxylation is 2. The van der Waals surface area contributed by atoms with Gasteiger partial charge in [0.1, 0.15) is 0 Å². The van der Waals surface area contributed by atoms with Gasteiger partial charge in [-0.15, -0.1) is 0 Å². The molecule has 122 valence electrons. The first-order valence-corrected chi connectivity index (χ1v) is 7.73. The Bertz CT molecular complexity index is 686. The molecule has 0 bridgehead atoms. The van der Waals surface area contributed by atoms with Crippen LogP contribution in [0.4, 0.5) is 0 Å². The molecular formula is C15H19BrCl2N2O2. The van der Waals surface area contributed by atoms with Crippen LogP contribution in [0.5, 0.6) is 0 Å². The molecule has 0 spiro atoms. The number of carboxylic acid groups (broad SMARTS) is 1. The van der Waals surface area contributed by atoms with Gasteiger partial charge in [-0.3, -0.25) is 4.79 Å². The van der Waals surface area contributed by atoms with Crippen molar-refractivity contribution < 1.29 is 31.4 Å². The summed E-state index contributed by atoms with van der Waals surface area (Å²) in [6.45, 7) is 2.90. The van der Waals surface area contributed by atoms with E-state index in [1.807, 2.05) is 19.2 Å². The van der Waals surface area contributed by atoms with E-state index in [0.717, 1.165) is 36.2 Å². The molecule has 2 aromatic rings. The van der Waals surface area contributed by atoms with Crippen LogP contribution in [0.3, 0.4) is 0 Å². The first-order chi connectivity index (χ1) is 9.91. The van der Waals surface area contributed by atoms with Crippen molar-refractivity contribution >= 4 is 40.2 Å². The number of halogens is 3. The first-order valence-electron chi connectivity index (χ1n) is 6.97. The van der Waals surface area contributed by atoms with Crippen molar-refractivity contribution in [3.05, 3.63) is 28.0 Å². The number of aromatic nitrogens is 2. The van der Waals surface area contributed by atoms with Gasteiger partial charge >= 0.3 is 5.97 Å². The number of benzene rings is 1. The topological polar surface area (TPSA) is 46.1 Å². The van der Waals surface area contributed by atoms with Gasteiger partial charge in [0.2, 0.25) is 0 Å². The van der Waals surface area contributed by atoms with Gasteiger partial charge in [0, 0.05) is 25.5 Å². The van der Waals surface area contributed by atoms with Crippen LogP contribution >= 0.6 is 23.2 Å². The molecule has 0 aliphatic carbocycles. The Hall–Kier alpha value is -0.780. The van der Waals surface area contributed by atoms with E-state index in [4.69, 9.17) is 28.3 Å². The maximum atomic E-state index is 10.5. The highest BCUT2D eigenvalue weighted by Crippen LogP contribution is 2.27. The monoisotopic (exact) mass is 408 g/mol. The highest BCUT2D eigenvalue weighted by atomic mass is 79.9. The van der Waals surface area contributed by atoms with Gasteiger partial charge < -0.3 is 22.1 Å². The molecule has 0 radical (unpaired) electrons. The lowest BCUT2D eigenvalue weighted by Crippen LogP contribution is -3.00. The number of fused-ring (bicyclic) bond motifs is 1. The molecular weight excluding hydrogens is 391 g/mol. The zero-order valence-electron chi connectivity index (χ0n) is 12.6. The Labute approximate surface area is 150 Å². The first kappa shape index (κ1) is 19.3. The fourth-order valence-corrected chi connectivity index (χ4v) is 2.86. The van der Waals surface area contributed by atoms with Gasteiger partial charge in [0.05, 0.1) is 23.6 Å². The SMILES string of the molecule is Cc1n(C)c2cc(Cl)c(Cl)cc2[n+]1CCCCCC(=O)O.[Br-]. The van der Waals surface area contributed by atoms with E-state index in [1.165, 1.54) is 0 Å². The number of hydrogen-bond acceptors (Lipinski definition) is 1. The maximum Gasteiger partial charge on any atom is 0.303 e.